The van der Waals surface area contributed by atoms with Crippen LogP contribution in [0.15, 0.2) is 42.5 Å². The molecule has 0 bridgehead atoms. The van der Waals surface area contributed by atoms with Gasteiger partial charge in [0.15, 0.2) is 5.75 Å². The Balaban J connectivity index is 1.73. The standard InChI is InChI=1S/C17H15ClN2O3/c1-11-6-7-12(8-13(11)18)19-16(21)9-20-10-17(22)23-15-5-3-2-4-14(15)20/h2-8H,9-10H2,1H3,(H,19,21). The zero-order chi connectivity index (χ0) is 16.4. The quantitative estimate of drug-likeness (QED) is 0.694. The van der Waals surface area contributed by atoms with Gasteiger partial charge in [0.05, 0.1) is 12.2 Å². The van der Waals surface area contributed by atoms with Crippen molar-refractivity contribution < 1.29 is 14.3 Å². The summed E-state index contributed by atoms with van der Waals surface area (Å²) in [4.78, 5) is 25.6. The molecule has 2 aromatic carbocycles. The highest BCUT2D eigenvalue weighted by Crippen LogP contribution is 2.31. The number of carbonyl (C=O) groups is 2. The summed E-state index contributed by atoms with van der Waals surface area (Å²) in [5.74, 6) is -0.140. The molecule has 1 aliphatic heterocycles. The zero-order valence-electron chi connectivity index (χ0n) is 12.5. The number of nitrogens with one attached hydrogen (secondary N) is 1. The lowest BCUT2D eigenvalue weighted by atomic mass is 10.2. The van der Waals surface area contributed by atoms with Gasteiger partial charge in [0.25, 0.3) is 0 Å². The van der Waals surface area contributed by atoms with E-state index in [1.807, 2.05) is 25.1 Å². The molecule has 0 atom stereocenters. The molecular weight excluding hydrogens is 316 g/mol. The molecule has 0 spiro atoms. The van der Waals surface area contributed by atoms with Crippen LogP contribution in [0.3, 0.4) is 0 Å². The first-order chi connectivity index (χ1) is 11.0. The van der Waals surface area contributed by atoms with Crippen LogP contribution in [-0.2, 0) is 9.59 Å². The second-order valence-electron chi connectivity index (χ2n) is 5.31. The number of halogens is 1. The van der Waals surface area contributed by atoms with Crippen LogP contribution in [0.25, 0.3) is 0 Å². The van der Waals surface area contributed by atoms with Crippen LogP contribution in [0.5, 0.6) is 5.75 Å². The van der Waals surface area contributed by atoms with E-state index in [0.29, 0.717) is 16.5 Å². The van der Waals surface area contributed by atoms with E-state index in [2.05, 4.69) is 5.32 Å². The van der Waals surface area contributed by atoms with Gasteiger partial charge in [-0.1, -0.05) is 29.8 Å². The molecule has 0 saturated carbocycles. The van der Waals surface area contributed by atoms with Gasteiger partial charge in [-0.05, 0) is 36.8 Å². The second kappa shape index (κ2) is 6.30. The Kier molecular flexibility index (Phi) is 4.21. The number of ether oxygens (including phenoxy) is 1. The number of hydrogen-bond donors (Lipinski definition) is 1. The van der Waals surface area contributed by atoms with E-state index in [-0.39, 0.29) is 25.0 Å². The van der Waals surface area contributed by atoms with Crippen LogP contribution < -0.4 is 15.0 Å². The summed E-state index contributed by atoms with van der Waals surface area (Å²) in [7, 11) is 0. The van der Waals surface area contributed by atoms with Crippen LogP contribution in [0, 0.1) is 6.92 Å². The molecule has 2 aromatic rings. The SMILES string of the molecule is Cc1ccc(NC(=O)CN2CC(=O)Oc3ccccc32)cc1Cl. The summed E-state index contributed by atoms with van der Waals surface area (Å²) < 4.78 is 5.16. The first kappa shape index (κ1) is 15.4. The maximum Gasteiger partial charge on any atom is 0.331 e. The minimum atomic E-state index is -0.380. The number of aryl methyl sites for hydroxylation is 1. The fourth-order valence-corrected chi connectivity index (χ4v) is 2.57. The lowest BCUT2D eigenvalue weighted by Gasteiger charge is -2.29. The average Bonchev–Trinajstić information content (AvgIpc) is 2.51. The van der Waals surface area contributed by atoms with E-state index >= 15 is 0 Å². The maximum atomic E-state index is 12.2. The number of esters is 1. The molecule has 1 heterocycles. The molecule has 1 aliphatic rings. The summed E-state index contributed by atoms with van der Waals surface area (Å²) in [6.07, 6.45) is 0. The molecule has 5 nitrogen and oxygen atoms in total. The Morgan fingerprint density at radius 1 is 1.30 bits per heavy atom. The van der Waals surface area contributed by atoms with E-state index in [0.717, 1.165) is 11.3 Å². The molecule has 0 radical (unpaired) electrons. The Hall–Kier alpha value is -2.53. The normalized spacial score (nSPS) is 13.3. The van der Waals surface area contributed by atoms with Crippen LogP contribution in [0.2, 0.25) is 5.02 Å². The Morgan fingerprint density at radius 3 is 2.87 bits per heavy atom. The number of nitrogens with zero attached hydrogens (tertiary/aromatic N) is 1. The first-order valence-electron chi connectivity index (χ1n) is 7.13. The molecule has 118 valence electrons. The molecular formula is C17H15ClN2O3. The zero-order valence-corrected chi connectivity index (χ0v) is 13.3. The monoisotopic (exact) mass is 330 g/mol. The summed E-state index contributed by atoms with van der Waals surface area (Å²) in [6.45, 7) is 1.99. The van der Waals surface area contributed by atoms with E-state index in [9.17, 15) is 9.59 Å². The number of hydrogen-bond acceptors (Lipinski definition) is 4. The second-order valence-corrected chi connectivity index (χ2v) is 5.72. The average molecular weight is 331 g/mol. The summed E-state index contributed by atoms with van der Waals surface area (Å²) in [6, 6.07) is 12.5. The van der Waals surface area contributed by atoms with Crippen LogP contribution in [0.1, 0.15) is 5.56 Å². The van der Waals surface area contributed by atoms with E-state index in [1.165, 1.54) is 0 Å². The summed E-state index contributed by atoms with van der Waals surface area (Å²) >= 11 is 6.05. The lowest BCUT2D eigenvalue weighted by molar-refractivity contribution is -0.133. The molecule has 1 N–H and O–H groups in total. The number of anilines is 2. The molecule has 1 amide bonds. The van der Waals surface area contributed by atoms with Gasteiger partial charge in [-0.15, -0.1) is 0 Å². The Bertz CT molecular complexity index is 776. The largest absolute Gasteiger partial charge is 0.423 e. The number of fused-ring (bicyclic) bond motifs is 1. The molecule has 6 heteroatoms. The fourth-order valence-electron chi connectivity index (χ4n) is 2.39. The van der Waals surface area contributed by atoms with Crippen molar-refractivity contribution in [2.24, 2.45) is 0 Å². The Morgan fingerprint density at radius 2 is 2.09 bits per heavy atom. The molecule has 23 heavy (non-hydrogen) atoms. The van der Waals surface area contributed by atoms with Crippen LogP contribution in [-0.4, -0.2) is 25.0 Å². The number of carbonyl (C=O) groups excluding carboxylic acids is 2. The van der Waals surface area contributed by atoms with Crippen molar-refractivity contribution in [2.75, 3.05) is 23.3 Å². The number of para-hydroxylation sites is 2. The van der Waals surface area contributed by atoms with Gasteiger partial charge < -0.3 is 15.0 Å². The summed E-state index contributed by atoms with van der Waals surface area (Å²) in [5, 5.41) is 3.38. The topological polar surface area (TPSA) is 58.6 Å². The minimum Gasteiger partial charge on any atom is -0.423 e. The molecule has 0 saturated heterocycles. The lowest BCUT2D eigenvalue weighted by Crippen LogP contribution is -2.41. The predicted molar refractivity (Wildman–Crippen MR) is 89.1 cm³/mol. The van der Waals surface area contributed by atoms with Crippen molar-refractivity contribution in [3.63, 3.8) is 0 Å². The third kappa shape index (κ3) is 3.46. The highest BCUT2D eigenvalue weighted by atomic mass is 35.5. The highest BCUT2D eigenvalue weighted by molar-refractivity contribution is 6.31. The molecule has 0 fully saturated rings. The van der Waals surface area contributed by atoms with Gasteiger partial charge in [0.2, 0.25) is 5.91 Å². The van der Waals surface area contributed by atoms with Crippen molar-refractivity contribution >= 4 is 34.9 Å². The summed E-state index contributed by atoms with van der Waals surface area (Å²) in [5.41, 5.74) is 2.29. The fraction of sp³-hybridized carbons (Fsp3) is 0.176. The third-order valence-corrected chi connectivity index (χ3v) is 3.95. The maximum absolute atomic E-state index is 12.2. The number of benzene rings is 2. The van der Waals surface area contributed by atoms with Gasteiger partial charge in [-0.25, -0.2) is 4.79 Å². The predicted octanol–water partition coefficient (Wildman–Crippen LogP) is 3.01. The third-order valence-electron chi connectivity index (χ3n) is 3.54. The first-order valence-corrected chi connectivity index (χ1v) is 7.51. The molecule has 0 aromatic heterocycles. The van der Waals surface area contributed by atoms with E-state index in [4.69, 9.17) is 16.3 Å². The van der Waals surface area contributed by atoms with Gasteiger partial charge in [0, 0.05) is 10.7 Å². The van der Waals surface area contributed by atoms with Crippen molar-refractivity contribution in [2.45, 2.75) is 6.92 Å². The molecule has 3 rings (SSSR count). The van der Waals surface area contributed by atoms with Crippen LogP contribution in [0.4, 0.5) is 11.4 Å². The highest BCUT2D eigenvalue weighted by Gasteiger charge is 2.25. The number of rotatable bonds is 3. The van der Waals surface area contributed by atoms with Crippen molar-refractivity contribution in [1.29, 1.82) is 0 Å². The molecule has 0 unspecified atom stereocenters. The Labute approximate surface area is 138 Å². The van der Waals surface area contributed by atoms with Gasteiger partial charge in [0.1, 0.15) is 6.54 Å². The van der Waals surface area contributed by atoms with Crippen LogP contribution >= 0.6 is 11.6 Å². The van der Waals surface area contributed by atoms with Gasteiger partial charge in [-0.3, -0.25) is 4.79 Å². The van der Waals surface area contributed by atoms with Crippen molar-refractivity contribution in [3.8, 4) is 5.75 Å². The van der Waals surface area contributed by atoms with Gasteiger partial charge >= 0.3 is 5.97 Å². The van der Waals surface area contributed by atoms with E-state index < -0.39 is 0 Å². The molecule has 0 aliphatic carbocycles. The number of amides is 1. The minimum absolute atomic E-state index is 0.0408. The van der Waals surface area contributed by atoms with Gasteiger partial charge in [-0.2, -0.15) is 0 Å². The van der Waals surface area contributed by atoms with Crippen molar-refractivity contribution in [1.82, 2.24) is 0 Å². The smallest absolute Gasteiger partial charge is 0.331 e. The van der Waals surface area contributed by atoms with Crippen molar-refractivity contribution in [3.05, 3.63) is 53.1 Å². The van der Waals surface area contributed by atoms with E-state index in [1.54, 1.807) is 29.2 Å².